The Morgan fingerprint density at radius 1 is 0.944 bits per heavy atom. The van der Waals surface area contributed by atoms with Crippen molar-refractivity contribution < 1.29 is 0 Å². The van der Waals surface area contributed by atoms with E-state index in [1.807, 2.05) is 12.1 Å². The Morgan fingerprint density at radius 3 is 2.17 bits per heavy atom. The van der Waals surface area contributed by atoms with Crippen molar-refractivity contribution >= 4 is 27.3 Å². The van der Waals surface area contributed by atoms with Gasteiger partial charge in [-0.1, -0.05) is 22.0 Å². The SMILES string of the molecule is Cc1cc(C)cc(Nc2cc(Br)cc(C#N)c2)c1. The zero-order valence-corrected chi connectivity index (χ0v) is 11.9. The molecule has 0 spiro atoms. The molecule has 0 aliphatic heterocycles. The lowest BCUT2D eigenvalue weighted by Gasteiger charge is -2.09. The Hall–Kier alpha value is -1.79. The average molecular weight is 301 g/mol. The van der Waals surface area contributed by atoms with Crippen LogP contribution in [0.1, 0.15) is 16.7 Å². The summed E-state index contributed by atoms with van der Waals surface area (Å²) in [5.74, 6) is 0. The van der Waals surface area contributed by atoms with Gasteiger partial charge in [-0.2, -0.15) is 5.26 Å². The fourth-order valence-corrected chi connectivity index (χ4v) is 2.43. The van der Waals surface area contributed by atoms with Crippen LogP contribution in [0.5, 0.6) is 0 Å². The monoisotopic (exact) mass is 300 g/mol. The van der Waals surface area contributed by atoms with Crippen LogP contribution in [0.3, 0.4) is 0 Å². The van der Waals surface area contributed by atoms with Gasteiger partial charge in [-0.15, -0.1) is 0 Å². The molecule has 0 unspecified atom stereocenters. The standard InChI is InChI=1S/C15H13BrN2/c1-10-3-11(2)5-14(4-10)18-15-7-12(9-17)6-13(16)8-15/h3-8,18H,1-2H3. The highest BCUT2D eigenvalue weighted by Gasteiger charge is 2.01. The van der Waals surface area contributed by atoms with Crippen LogP contribution in [0.25, 0.3) is 0 Å². The molecule has 18 heavy (non-hydrogen) atoms. The van der Waals surface area contributed by atoms with E-state index >= 15 is 0 Å². The Labute approximate surface area is 115 Å². The van der Waals surface area contributed by atoms with E-state index in [9.17, 15) is 0 Å². The van der Waals surface area contributed by atoms with Crippen molar-refractivity contribution in [2.75, 3.05) is 5.32 Å². The van der Waals surface area contributed by atoms with Gasteiger partial charge in [-0.3, -0.25) is 0 Å². The number of rotatable bonds is 2. The highest BCUT2D eigenvalue weighted by molar-refractivity contribution is 9.10. The molecule has 0 aliphatic carbocycles. The van der Waals surface area contributed by atoms with E-state index < -0.39 is 0 Å². The summed E-state index contributed by atoms with van der Waals surface area (Å²) in [6, 6.07) is 14.0. The fourth-order valence-electron chi connectivity index (χ4n) is 1.94. The minimum atomic E-state index is 0.635. The first-order valence-electron chi connectivity index (χ1n) is 5.63. The Balaban J connectivity index is 2.34. The number of benzene rings is 2. The van der Waals surface area contributed by atoms with Gasteiger partial charge in [0.25, 0.3) is 0 Å². The molecule has 0 amide bonds. The van der Waals surface area contributed by atoms with E-state index in [1.165, 1.54) is 11.1 Å². The van der Waals surface area contributed by atoms with Crippen LogP contribution in [-0.4, -0.2) is 0 Å². The van der Waals surface area contributed by atoms with Crippen LogP contribution in [0.4, 0.5) is 11.4 Å². The zero-order chi connectivity index (χ0) is 13.1. The lowest BCUT2D eigenvalue weighted by molar-refractivity contribution is 1.37. The van der Waals surface area contributed by atoms with Gasteiger partial charge in [0, 0.05) is 15.8 Å². The van der Waals surface area contributed by atoms with Gasteiger partial charge in [-0.25, -0.2) is 0 Å². The quantitative estimate of drug-likeness (QED) is 0.874. The van der Waals surface area contributed by atoms with Crippen molar-refractivity contribution in [3.05, 3.63) is 57.6 Å². The van der Waals surface area contributed by atoms with Crippen molar-refractivity contribution in [3.63, 3.8) is 0 Å². The molecule has 0 bridgehead atoms. The second-order valence-corrected chi connectivity index (χ2v) is 5.26. The molecule has 3 heteroatoms. The third-order valence-electron chi connectivity index (χ3n) is 2.54. The average Bonchev–Trinajstić information content (AvgIpc) is 2.26. The molecule has 2 aromatic rings. The Kier molecular flexibility index (Phi) is 3.69. The molecule has 0 saturated heterocycles. The second kappa shape index (κ2) is 5.24. The van der Waals surface area contributed by atoms with Gasteiger partial charge in [-0.05, 0) is 55.3 Å². The molecule has 1 N–H and O–H groups in total. The van der Waals surface area contributed by atoms with E-state index in [-0.39, 0.29) is 0 Å². The molecular weight excluding hydrogens is 288 g/mol. The van der Waals surface area contributed by atoms with Crippen LogP contribution >= 0.6 is 15.9 Å². The molecule has 0 saturated carbocycles. The van der Waals surface area contributed by atoms with E-state index in [0.29, 0.717) is 5.56 Å². The fraction of sp³-hybridized carbons (Fsp3) is 0.133. The Morgan fingerprint density at radius 2 is 1.56 bits per heavy atom. The first-order valence-corrected chi connectivity index (χ1v) is 6.42. The number of nitrogens with zero attached hydrogens (tertiary/aromatic N) is 1. The molecule has 2 rings (SSSR count). The molecular formula is C15H13BrN2. The summed E-state index contributed by atoms with van der Waals surface area (Å²) in [7, 11) is 0. The summed E-state index contributed by atoms with van der Waals surface area (Å²) in [6.45, 7) is 4.14. The minimum Gasteiger partial charge on any atom is -0.355 e. The third kappa shape index (κ3) is 3.12. The van der Waals surface area contributed by atoms with Crippen LogP contribution < -0.4 is 5.32 Å². The summed E-state index contributed by atoms with van der Waals surface area (Å²) in [5.41, 5.74) is 5.01. The molecule has 0 aliphatic rings. The second-order valence-electron chi connectivity index (χ2n) is 4.34. The number of nitriles is 1. The molecule has 0 radical (unpaired) electrons. The summed E-state index contributed by atoms with van der Waals surface area (Å²) < 4.78 is 0.897. The first kappa shape index (κ1) is 12.7. The predicted octanol–water partition coefficient (Wildman–Crippen LogP) is 4.68. The number of aryl methyl sites for hydroxylation is 2. The minimum absolute atomic E-state index is 0.635. The van der Waals surface area contributed by atoms with Crippen LogP contribution in [0.2, 0.25) is 0 Å². The molecule has 0 atom stereocenters. The molecule has 2 nitrogen and oxygen atoms in total. The summed E-state index contributed by atoms with van der Waals surface area (Å²) >= 11 is 3.40. The van der Waals surface area contributed by atoms with Crippen molar-refractivity contribution in [2.24, 2.45) is 0 Å². The van der Waals surface area contributed by atoms with Gasteiger partial charge in [0.05, 0.1) is 11.6 Å². The largest absolute Gasteiger partial charge is 0.355 e. The molecule has 90 valence electrons. The topological polar surface area (TPSA) is 35.8 Å². The lowest BCUT2D eigenvalue weighted by atomic mass is 10.1. The number of anilines is 2. The van der Waals surface area contributed by atoms with Crippen molar-refractivity contribution in [1.29, 1.82) is 5.26 Å². The predicted molar refractivity (Wildman–Crippen MR) is 78.1 cm³/mol. The molecule has 2 aromatic carbocycles. The maximum Gasteiger partial charge on any atom is 0.0992 e. The summed E-state index contributed by atoms with van der Waals surface area (Å²) in [5, 5.41) is 12.3. The van der Waals surface area contributed by atoms with E-state index in [0.717, 1.165) is 15.8 Å². The third-order valence-corrected chi connectivity index (χ3v) is 3.00. The molecule has 0 heterocycles. The Bertz CT molecular complexity index is 607. The van der Waals surface area contributed by atoms with Crippen LogP contribution in [0.15, 0.2) is 40.9 Å². The highest BCUT2D eigenvalue weighted by Crippen LogP contribution is 2.24. The highest BCUT2D eigenvalue weighted by atomic mass is 79.9. The van der Waals surface area contributed by atoms with Gasteiger partial charge in [0.2, 0.25) is 0 Å². The zero-order valence-electron chi connectivity index (χ0n) is 10.3. The normalized spacial score (nSPS) is 9.89. The van der Waals surface area contributed by atoms with Gasteiger partial charge in [0.15, 0.2) is 0 Å². The summed E-state index contributed by atoms with van der Waals surface area (Å²) in [4.78, 5) is 0. The maximum absolute atomic E-state index is 8.94. The first-order chi connectivity index (χ1) is 8.56. The van der Waals surface area contributed by atoms with E-state index in [4.69, 9.17) is 5.26 Å². The van der Waals surface area contributed by atoms with Crippen LogP contribution in [0, 0.1) is 25.2 Å². The smallest absolute Gasteiger partial charge is 0.0992 e. The number of hydrogen-bond donors (Lipinski definition) is 1. The number of halogens is 1. The van der Waals surface area contributed by atoms with Gasteiger partial charge < -0.3 is 5.32 Å². The van der Waals surface area contributed by atoms with Crippen molar-refractivity contribution in [3.8, 4) is 6.07 Å². The van der Waals surface area contributed by atoms with Gasteiger partial charge >= 0.3 is 0 Å². The maximum atomic E-state index is 8.94. The number of hydrogen-bond acceptors (Lipinski definition) is 2. The molecule has 0 fully saturated rings. The lowest BCUT2D eigenvalue weighted by Crippen LogP contribution is -1.92. The van der Waals surface area contributed by atoms with Crippen molar-refractivity contribution in [1.82, 2.24) is 0 Å². The van der Waals surface area contributed by atoms with Crippen LogP contribution in [-0.2, 0) is 0 Å². The molecule has 0 aromatic heterocycles. The van der Waals surface area contributed by atoms with Crippen molar-refractivity contribution in [2.45, 2.75) is 13.8 Å². The summed E-state index contributed by atoms with van der Waals surface area (Å²) in [6.07, 6.45) is 0. The van der Waals surface area contributed by atoms with E-state index in [2.05, 4.69) is 59.4 Å². The van der Waals surface area contributed by atoms with Gasteiger partial charge in [0.1, 0.15) is 0 Å². The van der Waals surface area contributed by atoms with E-state index in [1.54, 1.807) is 6.07 Å². The number of nitrogens with one attached hydrogen (secondary N) is 1.